The van der Waals surface area contributed by atoms with Crippen LogP contribution >= 0.6 is 11.6 Å². The minimum Gasteiger partial charge on any atom is -0.434 e. The Morgan fingerprint density at radius 3 is 2.57 bits per heavy atom. The van der Waals surface area contributed by atoms with Crippen LogP contribution in [0.1, 0.15) is 10.4 Å². The van der Waals surface area contributed by atoms with Gasteiger partial charge in [-0.2, -0.15) is 8.78 Å². The molecule has 0 unspecified atom stereocenters. The SMILES string of the molecule is O=C(Cl)c1ccc(F)cc1OC(F)F. The summed E-state index contributed by atoms with van der Waals surface area (Å²) < 4.78 is 40.1. The van der Waals surface area contributed by atoms with Gasteiger partial charge >= 0.3 is 6.61 Å². The molecular weight excluding hydrogens is 221 g/mol. The van der Waals surface area contributed by atoms with Crippen LogP contribution in [0, 0.1) is 5.82 Å². The van der Waals surface area contributed by atoms with Gasteiger partial charge < -0.3 is 4.74 Å². The van der Waals surface area contributed by atoms with E-state index < -0.39 is 23.4 Å². The molecule has 76 valence electrons. The molecule has 0 saturated carbocycles. The molecule has 0 radical (unpaired) electrons. The lowest BCUT2D eigenvalue weighted by molar-refractivity contribution is -0.0502. The Morgan fingerprint density at radius 1 is 1.43 bits per heavy atom. The third kappa shape index (κ3) is 2.63. The van der Waals surface area contributed by atoms with Crippen LogP contribution in [0.15, 0.2) is 18.2 Å². The van der Waals surface area contributed by atoms with Gasteiger partial charge in [-0.3, -0.25) is 4.79 Å². The predicted octanol–water partition coefficient (Wildman–Crippen LogP) is 2.81. The minimum absolute atomic E-state index is 0.298. The fourth-order valence-electron chi connectivity index (χ4n) is 0.852. The van der Waals surface area contributed by atoms with E-state index in [0.717, 1.165) is 12.1 Å². The predicted molar refractivity (Wildman–Crippen MR) is 43.2 cm³/mol. The first kappa shape index (κ1) is 10.8. The van der Waals surface area contributed by atoms with Crippen LogP contribution in [-0.4, -0.2) is 11.9 Å². The fourth-order valence-corrected chi connectivity index (χ4v) is 1.01. The van der Waals surface area contributed by atoms with Crippen LogP contribution < -0.4 is 4.74 Å². The first-order valence-corrected chi connectivity index (χ1v) is 3.82. The molecular formula is C8H4ClF3O2. The monoisotopic (exact) mass is 224 g/mol. The van der Waals surface area contributed by atoms with E-state index in [9.17, 15) is 18.0 Å². The summed E-state index contributed by atoms with van der Waals surface area (Å²) in [6.07, 6.45) is 0. The fraction of sp³-hybridized carbons (Fsp3) is 0.125. The second-order valence-electron chi connectivity index (χ2n) is 2.29. The zero-order valence-electron chi connectivity index (χ0n) is 6.64. The molecule has 0 spiro atoms. The quantitative estimate of drug-likeness (QED) is 0.738. The number of ether oxygens (including phenoxy) is 1. The van der Waals surface area contributed by atoms with Gasteiger partial charge in [-0.05, 0) is 23.7 Å². The van der Waals surface area contributed by atoms with Crippen LogP contribution in [0.2, 0.25) is 0 Å². The second-order valence-corrected chi connectivity index (χ2v) is 2.64. The molecule has 1 aromatic rings. The summed E-state index contributed by atoms with van der Waals surface area (Å²) in [5.74, 6) is -1.36. The standard InChI is InChI=1S/C8H4ClF3O2/c9-7(13)5-2-1-4(10)3-6(5)14-8(11)12/h1-3,8H. The van der Waals surface area contributed by atoms with Crippen molar-refractivity contribution in [3.8, 4) is 5.75 Å². The Bertz CT molecular complexity index is 354. The lowest BCUT2D eigenvalue weighted by Crippen LogP contribution is -2.06. The van der Waals surface area contributed by atoms with E-state index in [2.05, 4.69) is 4.74 Å². The third-order valence-electron chi connectivity index (χ3n) is 1.37. The van der Waals surface area contributed by atoms with Crippen LogP contribution in [0.3, 0.4) is 0 Å². The highest BCUT2D eigenvalue weighted by Gasteiger charge is 2.14. The first-order chi connectivity index (χ1) is 6.50. The van der Waals surface area contributed by atoms with Gasteiger partial charge in [-0.25, -0.2) is 4.39 Å². The molecule has 0 aliphatic heterocycles. The number of carbonyl (C=O) groups excluding carboxylic acids is 1. The maximum atomic E-state index is 12.6. The minimum atomic E-state index is -3.13. The van der Waals surface area contributed by atoms with Gasteiger partial charge in [0.05, 0.1) is 5.56 Å². The summed E-state index contributed by atoms with van der Waals surface area (Å²) in [7, 11) is 0. The molecule has 0 heterocycles. The summed E-state index contributed by atoms with van der Waals surface area (Å²) >= 11 is 5.06. The molecule has 0 atom stereocenters. The molecule has 0 aliphatic rings. The van der Waals surface area contributed by atoms with Crippen molar-refractivity contribution >= 4 is 16.8 Å². The molecule has 14 heavy (non-hydrogen) atoms. The summed E-state index contributed by atoms with van der Waals surface area (Å²) in [6.45, 7) is -3.13. The Labute approximate surface area is 82.2 Å². The molecule has 0 bridgehead atoms. The molecule has 0 amide bonds. The largest absolute Gasteiger partial charge is 0.434 e. The Kier molecular flexibility index (Phi) is 3.35. The van der Waals surface area contributed by atoms with Gasteiger partial charge in [-0.1, -0.05) is 0 Å². The Balaban J connectivity index is 3.09. The van der Waals surface area contributed by atoms with Gasteiger partial charge in [0, 0.05) is 6.07 Å². The molecule has 0 aromatic heterocycles. The van der Waals surface area contributed by atoms with E-state index in [1.54, 1.807) is 0 Å². The van der Waals surface area contributed by atoms with Gasteiger partial charge in [-0.15, -0.1) is 0 Å². The second kappa shape index (κ2) is 4.32. The van der Waals surface area contributed by atoms with Crippen molar-refractivity contribution < 1.29 is 22.7 Å². The van der Waals surface area contributed by atoms with E-state index in [4.69, 9.17) is 11.6 Å². The van der Waals surface area contributed by atoms with Gasteiger partial charge in [0.2, 0.25) is 0 Å². The highest BCUT2D eigenvalue weighted by molar-refractivity contribution is 6.68. The molecule has 0 aliphatic carbocycles. The van der Waals surface area contributed by atoms with Crippen molar-refractivity contribution in [2.75, 3.05) is 0 Å². The number of halogens is 4. The summed E-state index contributed by atoms with van der Waals surface area (Å²) in [5.41, 5.74) is -0.298. The number of carbonyl (C=O) groups is 1. The van der Waals surface area contributed by atoms with E-state index >= 15 is 0 Å². The van der Waals surface area contributed by atoms with Gasteiger partial charge in [0.15, 0.2) is 0 Å². The highest BCUT2D eigenvalue weighted by Crippen LogP contribution is 2.23. The molecule has 2 nitrogen and oxygen atoms in total. The highest BCUT2D eigenvalue weighted by atomic mass is 35.5. The van der Waals surface area contributed by atoms with E-state index in [1.165, 1.54) is 0 Å². The van der Waals surface area contributed by atoms with Crippen molar-refractivity contribution in [2.45, 2.75) is 6.61 Å². The average Bonchev–Trinajstić information content (AvgIpc) is 2.01. The van der Waals surface area contributed by atoms with E-state index in [-0.39, 0.29) is 5.56 Å². The molecule has 1 aromatic carbocycles. The maximum absolute atomic E-state index is 12.6. The topological polar surface area (TPSA) is 26.3 Å². The molecule has 6 heteroatoms. The number of hydrogen-bond donors (Lipinski definition) is 0. The third-order valence-corrected chi connectivity index (χ3v) is 1.58. The lowest BCUT2D eigenvalue weighted by Gasteiger charge is -2.07. The number of rotatable bonds is 3. The van der Waals surface area contributed by atoms with Crippen molar-refractivity contribution in [2.24, 2.45) is 0 Å². The van der Waals surface area contributed by atoms with Crippen LogP contribution in [0.4, 0.5) is 13.2 Å². The Morgan fingerprint density at radius 2 is 2.07 bits per heavy atom. The molecule has 0 fully saturated rings. The van der Waals surface area contributed by atoms with Crippen LogP contribution in [0.5, 0.6) is 5.75 Å². The van der Waals surface area contributed by atoms with E-state index in [1.807, 2.05) is 0 Å². The summed E-state index contributed by atoms with van der Waals surface area (Å²) in [4.78, 5) is 10.7. The average molecular weight is 225 g/mol. The number of alkyl halides is 2. The van der Waals surface area contributed by atoms with Crippen molar-refractivity contribution in [3.05, 3.63) is 29.6 Å². The van der Waals surface area contributed by atoms with Gasteiger partial charge in [0.1, 0.15) is 11.6 Å². The molecule has 1 rings (SSSR count). The smallest absolute Gasteiger partial charge is 0.387 e. The van der Waals surface area contributed by atoms with Crippen molar-refractivity contribution in [1.82, 2.24) is 0 Å². The maximum Gasteiger partial charge on any atom is 0.387 e. The number of benzene rings is 1. The first-order valence-electron chi connectivity index (χ1n) is 3.45. The van der Waals surface area contributed by atoms with Gasteiger partial charge in [0.25, 0.3) is 5.24 Å². The Hall–Kier alpha value is -1.23. The van der Waals surface area contributed by atoms with Crippen LogP contribution in [0.25, 0.3) is 0 Å². The lowest BCUT2D eigenvalue weighted by atomic mass is 10.2. The summed E-state index contributed by atoms with van der Waals surface area (Å²) in [6, 6.07) is 2.57. The van der Waals surface area contributed by atoms with Crippen molar-refractivity contribution in [1.29, 1.82) is 0 Å². The number of hydrogen-bond acceptors (Lipinski definition) is 2. The molecule has 0 saturated heterocycles. The normalized spacial score (nSPS) is 10.4. The van der Waals surface area contributed by atoms with E-state index in [0.29, 0.717) is 6.07 Å². The molecule has 0 N–H and O–H groups in total. The zero-order valence-corrected chi connectivity index (χ0v) is 7.39. The van der Waals surface area contributed by atoms with Crippen molar-refractivity contribution in [3.63, 3.8) is 0 Å². The zero-order chi connectivity index (χ0) is 10.7. The summed E-state index contributed by atoms with van der Waals surface area (Å²) in [5, 5.41) is -0.986. The van der Waals surface area contributed by atoms with Crippen LogP contribution in [-0.2, 0) is 0 Å².